The second kappa shape index (κ2) is 5.56. The lowest BCUT2D eigenvalue weighted by atomic mass is 10.1. The Hall–Kier alpha value is -2.30. The van der Waals surface area contributed by atoms with Crippen molar-refractivity contribution in [1.29, 1.82) is 0 Å². The topological polar surface area (TPSA) is 67.2 Å². The monoisotopic (exact) mass is 259 g/mol. The van der Waals surface area contributed by atoms with Gasteiger partial charge >= 0.3 is 5.97 Å². The number of imidazole rings is 1. The van der Waals surface area contributed by atoms with Gasteiger partial charge in [-0.3, -0.25) is 0 Å². The molecule has 1 aromatic carbocycles. The fourth-order valence-electron chi connectivity index (χ4n) is 1.91. The Labute approximate surface area is 111 Å². The minimum atomic E-state index is -0.918. The van der Waals surface area contributed by atoms with Gasteiger partial charge in [0.15, 0.2) is 0 Å². The van der Waals surface area contributed by atoms with Gasteiger partial charge in [0.1, 0.15) is 5.82 Å². The lowest BCUT2D eigenvalue weighted by molar-refractivity contribution is 0.0697. The van der Waals surface area contributed by atoms with Crippen LogP contribution in [0.5, 0.6) is 0 Å². The van der Waals surface area contributed by atoms with Gasteiger partial charge in [-0.15, -0.1) is 0 Å². The largest absolute Gasteiger partial charge is 0.478 e. The number of hydrogen-bond donors (Lipinski definition) is 2. The van der Waals surface area contributed by atoms with E-state index in [0.29, 0.717) is 6.54 Å². The van der Waals surface area contributed by atoms with Gasteiger partial charge in [-0.25, -0.2) is 9.78 Å². The molecule has 0 atom stereocenters. The molecule has 0 amide bonds. The number of rotatable bonds is 5. The van der Waals surface area contributed by atoms with Crippen LogP contribution in [-0.2, 0) is 13.1 Å². The van der Waals surface area contributed by atoms with Crippen molar-refractivity contribution in [2.75, 3.05) is 5.32 Å². The van der Waals surface area contributed by atoms with E-state index in [-0.39, 0.29) is 5.56 Å². The zero-order chi connectivity index (χ0) is 13.8. The number of nitrogens with zero attached hydrogens (tertiary/aromatic N) is 2. The van der Waals surface area contributed by atoms with Crippen LogP contribution in [0.4, 0.5) is 5.69 Å². The molecule has 1 heterocycles. The van der Waals surface area contributed by atoms with Gasteiger partial charge in [0, 0.05) is 24.6 Å². The summed E-state index contributed by atoms with van der Waals surface area (Å²) < 4.78 is 2.05. The summed E-state index contributed by atoms with van der Waals surface area (Å²) in [6.45, 7) is 5.44. The Morgan fingerprint density at radius 2 is 2.26 bits per heavy atom. The normalized spacial score (nSPS) is 10.4. The Morgan fingerprint density at radius 3 is 2.95 bits per heavy atom. The highest BCUT2D eigenvalue weighted by Gasteiger charge is 2.07. The van der Waals surface area contributed by atoms with Crippen molar-refractivity contribution in [3.8, 4) is 0 Å². The van der Waals surface area contributed by atoms with E-state index < -0.39 is 5.97 Å². The lowest BCUT2D eigenvalue weighted by Gasteiger charge is -2.11. The molecule has 0 radical (unpaired) electrons. The second-order valence-corrected chi connectivity index (χ2v) is 4.32. The molecule has 0 aliphatic heterocycles. The van der Waals surface area contributed by atoms with E-state index in [2.05, 4.69) is 17.2 Å². The van der Waals surface area contributed by atoms with Gasteiger partial charge in [-0.2, -0.15) is 0 Å². The van der Waals surface area contributed by atoms with E-state index in [4.69, 9.17) is 5.11 Å². The summed E-state index contributed by atoms with van der Waals surface area (Å²) in [5.41, 5.74) is 2.12. The third-order valence-electron chi connectivity index (χ3n) is 3.06. The predicted octanol–water partition coefficient (Wildman–Crippen LogP) is 2.52. The van der Waals surface area contributed by atoms with E-state index in [9.17, 15) is 4.79 Å². The third-order valence-corrected chi connectivity index (χ3v) is 3.06. The van der Waals surface area contributed by atoms with Gasteiger partial charge < -0.3 is 15.0 Å². The van der Waals surface area contributed by atoms with Crippen LogP contribution in [0.25, 0.3) is 0 Å². The maximum Gasteiger partial charge on any atom is 0.335 e. The zero-order valence-corrected chi connectivity index (χ0v) is 11.1. The molecule has 2 aromatic rings. The maximum absolute atomic E-state index is 11.0. The molecular formula is C14H17N3O2. The molecule has 0 saturated carbocycles. The van der Waals surface area contributed by atoms with Gasteiger partial charge in [-0.1, -0.05) is 6.07 Å². The molecule has 0 aliphatic rings. The number of benzene rings is 1. The number of aryl methyl sites for hydroxylation is 2. The summed E-state index contributed by atoms with van der Waals surface area (Å²) in [7, 11) is 0. The summed E-state index contributed by atoms with van der Waals surface area (Å²) in [5, 5.41) is 12.2. The summed E-state index contributed by atoms with van der Waals surface area (Å²) in [5.74, 6) is 0.0146. The number of carboxylic acids is 1. The fraction of sp³-hybridized carbons (Fsp3) is 0.286. The summed E-state index contributed by atoms with van der Waals surface area (Å²) in [4.78, 5) is 15.2. The van der Waals surface area contributed by atoms with Crippen LogP contribution in [0.1, 0.15) is 28.7 Å². The Morgan fingerprint density at radius 1 is 1.47 bits per heavy atom. The first-order valence-corrected chi connectivity index (χ1v) is 6.19. The van der Waals surface area contributed by atoms with E-state index in [1.807, 2.05) is 17.7 Å². The van der Waals surface area contributed by atoms with Crippen molar-refractivity contribution >= 4 is 11.7 Å². The zero-order valence-electron chi connectivity index (χ0n) is 11.1. The molecule has 0 aliphatic carbocycles. The van der Waals surface area contributed by atoms with E-state index in [1.165, 1.54) is 0 Å². The first-order valence-electron chi connectivity index (χ1n) is 6.19. The predicted molar refractivity (Wildman–Crippen MR) is 73.4 cm³/mol. The highest BCUT2D eigenvalue weighted by molar-refractivity contribution is 5.89. The summed E-state index contributed by atoms with van der Waals surface area (Å²) in [6, 6.07) is 5.06. The van der Waals surface area contributed by atoms with Crippen molar-refractivity contribution in [2.24, 2.45) is 0 Å². The first-order chi connectivity index (χ1) is 9.11. The average molecular weight is 259 g/mol. The van der Waals surface area contributed by atoms with Crippen molar-refractivity contribution in [3.63, 3.8) is 0 Å². The number of carboxylic acid groups (broad SMARTS) is 1. The molecule has 0 saturated heterocycles. The molecule has 0 spiro atoms. The summed E-state index contributed by atoms with van der Waals surface area (Å²) in [6.07, 6.45) is 3.69. The average Bonchev–Trinajstić information content (AvgIpc) is 2.85. The van der Waals surface area contributed by atoms with Crippen molar-refractivity contribution in [1.82, 2.24) is 9.55 Å². The Bertz CT molecular complexity index is 590. The molecule has 2 rings (SSSR count). The molecule has 100 valence electrons. The molecule has 2 N–H and O–H groups in total. The third kappa shape index (κ3) is 2.93. The van der Waals surface area contributed by atoms with Crippen LogP contribution < -0.4 is 5.32 Å². The number of anilines is 1. The van der Waals surface area contributed by atoms with Crippen LogP contribution in [-0.4, -0.2) is 20.6 Å². The van der Waals surface area contributed by atoms with E-state index in [0.717, 1.165) is 23.6 Å². The molecule has 5 nitrogen and oxygen atoms in total. The second-order valence-electron chi connectivity index (χ2n) is 4.32. The highest BCUT2D eigenvalue weighted by Crippen LogP contribution is 2.17. The van der Waals surface area contributed by atoms with Crippen molar-refractivity contribution in [2.45, 2.75) is 26.9 Å². The SMILES string of the molecule is CCn1ccnc1CNc1cc(C(=O)O)ccc1C. The van der Waals surface area contributed by atoms with Crippen LogP contribution in [0, 0.1) is 6.92 Å². The number of aromatic carboxylic acids is 1. The summed E-state index contributed by atoms with van der Waals surface area (Å²) >= 11 is 0. The van der Waals surface area contributed by atoms with Crippen LogP contribution >= 0.6 is 0 Å². The van der Waals surface area contributed by atoms with Gasteiger partial charge in [0.05, 0.1) is 12.1 Å². The Balaban J connectivity index is 2.15. The smallest absolute Gasteiger partial charge is 0.335 e. The van der Waals surface area contributed by atoms with Crippen LogP contribution in [0.3, 0.4) is 0 Å². The van der Waals surface area contributed by atoms with Crippen LogP contribution in [0.2, 0.25) is 0 Å². The molecule has 19 heavy (non-hydrogen) atoms. The fourth-order valence-corrected chi connectivity index (χ4v) is 1.91. The van der Waals surface area contributed by atoms with Crippen LogP contribution in [0.15, 0.2) is 30.6 Å². The quantitative estimate of drug-likeness (QED) is 0.865. The minimum Gasteiger partial charge on any atom is -0.478 e. The van der Waals surface area contributed by atoms with Gasteiger partial charge in [0.2, 0.25) is 0 Å². The molecule has 5 heteroatoms. The highest BCUT2D eigenvalue weighted by atomic mass is 16.4. The first kappa shape index (κ1) is 13.1. The molecule has 0 bridgehead atoms. The van der Waals surface area contributed by atoms with Crippen molar-refractivity contribution < 1.29 is 9.90 Å². The van der Waals surface area contributed by atoms with Gasteiger partial charge in [0.25, 0.3) is 0 Å². The number of aromatic nitrogens is 2. The molecular weight excluding hydrogens is 242 g/mol. The molecule has 0 fully saturated rings. The van der Waals surface area contributed by atoms with E-state index in [1.54, 1.807) is 24.4 Å². The van der Waals surface area contributed by atoms with Crippen molar-refractivity contribution in [3.05, 3.63) is 47.5 Å². The van der Waals surface area contributed by atoms with Gasteiger partial charge in [-0.05, 0) is 31.5 Å². The standard InChI is InChI=1S/C14H17N3O2/c1-3-17-7-6-15-13(17)9-16-12-8-11(14(18)19)5-4-10(12)2/h4-8,16H,3,9H2,1-2H3,(H,18,19). The van der Waals surface area contributed by atoms with E-state index >= 15 is 0 Å². The minimum absolute atomic E-state index is 0.284. The Kier molecular flexibility index (Phi) is 3.85. The molecule has 1 aromatic heterocycles. The number of carbonyl (C=O) groups is 1. The number of nitrogens with one attached hydrogen (secondary N) is 1. The molecule has 0 unspecified atom stereocenters. The maximum atomic E-state index is 11.0. The number of hydrogen-bond acceptors (Lipinski definition) is 3. The lowest BCUT2D eigenvalue weighted by Crippen LogP contribution is -2.09.